The number of nitrogens with zero attached hydrogens (tertiary/aromatic N) is 2. The Morgan fingerprint density at radius 2 is 2.15 bits per heavy atom. The lowest BCUT2D eigenvalue weighted by atomic mass is 9.99. The first-order valence-corrected chi connectivity index (χ1v) is 10.2. The van der Waals surface area contributed by atoms with Crippen molar-refractivity contribution in [2.24, 2.45) is 5.73 Å². The van der Waals surface area contributed by atoms with Crippen molar-refractivity contribution in [2.45, 2.75) is 50.6 Å². The molecule has 1 aliphatic heterocycles. The quantitative estimate of drug-likeness (QED) is 0.782. The second-order valence-corrected chi connectivity index (χ2v) is 7.79. The van der Waals surface area contributed by atoms with E-state index >= 15 is 0 Å². The topological polar surface area (TPSA) is 79.5 Å². The molecule has 5 nitrogen and oxygen atoms in total. The maximum Gasteiger partial charge on any atom is 0.228 e. The average molecular weight is 374 g/mol. The number of rotatable bonds is 7. The van der Waals surface area contributed by atoms with Gasteiger partial charge in [-0.2, -0.15) is 0 Å². The van der Waals surface area contributed by atoms with Crippen LogP contribution in [0, 0.1) is 0 Å². The number of hydrogen-bond donors (Lipinski definition) is 2. The van der Waals surface area contributed by atoms with Crippen molar-refractivity contribution in [1.29, 1.82) is 0 Å². The van der Waals surface area contributed by atoms with Crippen molar-refractivity contribution >= 4 is 17.2 Å². The highest BCUT2D eigenvalue weighted by Crippen LogP contribution is 2.23. The second-order valence-electron chi connectivity index (χ2n) is 6.90. The lowest BCUT2D eigenvalue weighted by Gasteiger charge is -2.35. The van der Waals surface area contributed by atoms with Gasteiger partial charge in [0.25, 0.3) is 0 Å². The van der Waals surface area contributed by atoms with Gasteiger partial charge < -0.3 is 15.7 Å². The van der Waals surface area contributed by atoms with Crippen molar-refractivity contribution in [2.75, 3.05) is 13.2 Å². The fourth-order valence-electron chi connectivity index (χ4n) is 3.56. The van der Waals surface area contributed by atoms with E-state index in [1.165, 1.54) is 16.9 Å². The summed E-state index contributed by atoms with van der Waals surface area (Å²) in [6, 6.07) is 10.2. The van der Waals surface area contributed by atoms with E-state index in [1.54, 1.807) is 0 Å². The molecule has 0 aliphatic carbocycles. The van der Waals surface area contributed by atoms with Gasteiger partial charge in [-0.25, -0.2) is 4.98 Å². The standard InChI is InChI=1S/C20H27N3O2S/c21-18(12-15-6-2-1-3-7-15)20-22-16(14-26-20)13-19(25)23-10-5-4-8-17(23)9-11-24/h1-3,6-7,14,17-18,24H,4-5,8-13,21H2. The van der Waals surface area contributed by atoms with Crippen LogP contribution in [0.1, 0.15) is 48.0 Å². The van der Waals surface area contributed by atoms with E-state index in [0.29, 0.717) is 12.8 Å². The summed E-state index contributed by atoms with van der Waals surface area (Å²) in [5.41, 5.74) is 8.29. The molecule has 6 heteroatoms. The maximum atomic E-state index is 12.7. The molecule has 1 aliphatic rings. The predicted octanol–water partition coefficient (Wildman–Crippen LogP) is 2.69. The van der Waals surface area contributed by atoms with E-state index in [-0.39, 0.29) is 24.6 Å². The Hall–Kier alpha value is -1.76. The number of aliphatic hydroxyl groups excluding tert-OH is 1. The molecular weight excluding hydrogens is 346 g/mol. The van der Waals surface area contributed by atoms with Crippen LogP contribution >= 0.6 is 11.3 Å². The zero-order chi connectivity index (χ0) is 18.4. The summed E-state index contributed by atoms with van der Waals surface area (Å²) in [4.78, 5) is 19.2. The van der Waals surface area contributed by atoms with Gasteiger partial charge in [0.15, 0.2) is 0 Å². The van der Waals surface area contributed by atoms with Crippen molar-refractivity contribution in [1.82, 2.24) is 9.88 Å². The third-order valence-electron chi connectivity index (χ3n) is 4.93. The Labute approximate surface area is 158 Å². The minimum Gasteiger partial charge on any atom is -0.396 e. The second kappa shape index (κ2) is 9.26. The number of amides is 1. The van der Waals surface area contributed by atoms with Gasteiger partial charge in [0.2, 0.25) is 5.91 Å². The van der Waals surface area contributed by atoms with Crippen LogP contribution in [0.5, 0.6) is 0 Å². The van der Waals surface area contributed by atoms with E-state index < -0.39 is 0 Å². The first-order chi connectivity index (χ1) is 12.7. The number of carbonyl (C=O) groups excluding carboxylic acids is 1. The molecule has 0 saturated carbocycles. The lowest BCUT2D eigenvalue weighted by molar-refractivity contribution is -0.134. The first kappa shape index (κ1) is 19.0. The van der Waals surface area contributed by atoms with E-state index in [9.17, 15) is 9.90 Å². The van der Waals surface area contributed by atoms with Gasteiger partial charge in [-0.3, -0.25) is 4.79 Å². The smallest absolute Gasteiger partial charge is 0.228 e. The van der Waals surface area contributed by atoms with Crippen LogP contribution in [-0.2, 0) is 17.6 Å². The van der Waals surface area contributed by atoms with Crippen molar-refractivity contribution < 1.29 is 9.90 Å². The van der Waals surface area contributed by atoms with Crippen molar-refractivity contribution in [3.8, 4) is 0 Å². The van der Waals surface area contributed by atoms with Gasteiger partial charge in [0.1, 0.15) is 5.01 Å². The zero-order valence-corrected chi connectivity index (χ0v) is 15.8. The van der Waals surface area contributed by atoms with E-state index in [4.69, 9.17) is 5.73 Å². The summed E-state index contributed by atoms with van der Waals surface area (Å²) in [5, 5.41) is 12.1. The third kappa shape index (κ3) is 4.90. The van der Waals surface area contributed by atoms with Gasteiger partial charge in [-0.05, 0) is 37.7 Å². The highest BCUT2D eigenvalue weighted by atomic mass is 32.1. The van der Waals surface area contributed by atoms with Crippen LogP contribution in [0.3, 0.4) is 0 Å². The van der Waals surface area contributed by atoms with Crippen LogP contribution in [-0.4, -0.2) is 40.1 Å². The summed E-state index contributed by atoms with van der Waals surface area (Å²) < 4.78 is 0. The van der Waals surface area contributed by atoms with Crippen LogP contribution in [0.25, 0.3) is 0 Å². The SMILES string of the molecule is NC(Cc1ccccc1)c1nc(CC(=O)N2CCCCC2CCO)cs1. The molecule has 1 fully saturated rings. The van der Waals surface area contributed by atoms with Crippen LogP contribution in [0.4, 0.5) is 0 Å². The molecule has 2 unspecified atom stereocenters. The Kier molecular flexibility index (Phi) is 6.77. The summed E-state index contributed by atoms with van der Waals surface area (Å²) >= 11 is 1.53. The van der Waals surface area contributed by atoms with E-state index in [0.717, 1.165) is 42.9 Å². The number of piperidine rings is 1. The molecule has 0 bridgehead atoms. The Balaban J connectivity index is 1.59. The number of benzene rings is 1. The number of aromatic nitrogens is 1. The molecular formula is C20H27N3O2S. The monoisotopic (exact) mass is 373 g/mol. The van der Waals surface area contributed by atoms with Gasteiger partial charge in [-0.1, -0.05) is 30.3 Å². The Morgan fingerprint density at radius 3 is 2.92 bits per heavy atom. The minimum absolute atomic E-state index is 0.108. The largest absolute Gasteiger partial charge is 0.396 e. The van der Waals surface area contributed by atoms with E-state index in [1.807, 2.05) is 28.5 Å². The molecule has 1 amide bonds. The third-order valence-corrected chi connectivity index (χ3v) is 5.95. The Bertz CT molecular complexity index is 702. The molecule has 26 heavy (non-hydrogen) atoms. The highest BCUT2D eigenvalue weighted by molar-refractivity contribution is 7.09. The number of aliphatic hydroxyl groups is 1. The van der Waals surface area contributed by atoms with Crippen molar-refractivity contribution in [3.05, 3.63) is 52.0 Å². The predicted molar refractivity (Wildman–Crippen MR) is 104 cm³/mol. The van der Waals surface area contributed by atoms with Gasteiger partial charge in [0, 0.05) is 24.6 Å². The number of carbonyl (C=O) groups is 1. The van der Waals surface area contributed by atoms with Gasteiger partial charge in [0.05, 0.1) is 18.2 Å². The normalized spacial score (nSPS) is 18.7. The van der Waals surface area contributed by atoms with Crippen molar-refractivity contribution in [3.63, 3.8) is 0 Å². The average Bonchev–Trinajstić information content (AvgIpc) is 3.12. The summed E-state index contributed by atoms with van der Waals surface area (Å²) in [7, 11) is 0. The molecule has 1 saturated heterocycles. The van der Waals surface area contributed by atoms with Gasteiger partial charge in [-0.15, -0.1) is 11.3 Å². The fourth-order valence-corrected chi connectivity index (χ4v) is 4.38. The summed E-state index contributed by atoms with van der Waals surface area (Å²) in [6.45, 7) is 0.914. The zero-order valence-electron chi connectivity index (χ0n) is 15.0. The molecule has 0 radical (unpaired) electrons. The molecule has 0 spiro atoms. The summed E-state index contributed by atoms with van der Waals surface area (Å²) in [5.74, 6) is 0.108. The van der Waals surface area contributed by atoms with E-state index in [2.05, 4.69) is 17.1 Å². The number of nitrogens with two attached hydrogens (primary N) is 1. The van der Waals surface area contributed by atoms with Gasteiger partial charge >= 0.3 is 0 Å². The molecule has 3 N–H and O–H groups in total. The molecule has 2 aromatic rings. The number of thiazole rings is 1. The molecule has 1 aromatic heterocycles. The first-order valence-electron chi connectivity index (χ1n) is 9.31. The maximum absolute atomic E-state index is 12.7. The highest BCUT2D eigenvalue weighted by Gasteiger charge is 2.26. The van der Waals surface area contributed by atoms with Crippen LogP contribution in [0.2, 0.25) is 0 Å². The minimum atomic E-state index is -0.150. The Morgan fingerprint density at radius 1 is 1.35 bits per heavy atom. The molecule has 140 valence electrons. The van der Waals surface area contributed by atoms with Crippen LogP contribution in [0.15, 0.2) is 35.7 Å². The lowest BCUT2D eigenvalue weighted by Crippen LogP contribution is -2.44. The fraction of sp³-hybridized carbons (Fsp3) is 0.500. The molecule has 2 heterocycles. The molecule has 2 atom stereocenters. The molecule has 1 aromatic carbocycles. The molecule has 3 rings (SSSR count). The number of likely N-dealkylation sites (tertiary alicyclic amines) is 1. The summed E-state index contributed by atoms with van der Waals surface area (Å²) in [6.07, 6.45) is 4.87. The number of hydrogen-bond acceptors (Lipinski definition) is 5. The van der Waals surface area contributed by atoms with Crippen LogP contribution < -0.4 is 5.73 Å².